The Hall–Kier alpha value is -1.26. The molecule has 1 unspecified atom stereocenters. The number of halogens is 1. The van der Waals surface area contributed by atoms with Crippen molar-refractivity contribution in [1.29, 1.82) is 0 Å². The summed E-state index contributed by atoms with van der Waals surface area (Å²) in [6, 6.07) is 6.21. The molecular formula is C10H13ClN2O2. The van der Waals surface area contributed by atoms with Crippen LogP contribution in [-0.4, -0.2) is 23.8 Å². The van der Waals surface area contributed by atoms with Gasteiger partial charge in [-0.05, 0) is 25.1 Å². The Bertz CT molecular complexity index is 344. The number of benzene rings is 1. The molecule has 0 aliphatic carbocycles. The van der Waals surface area contributed by atoms with Gasteiger partial charge in [0.2, 0.25) is 0 Å². The monoisotopic (exact) mass is 228 g/mol. The molecule has 0 heterocycles. The third-order valence-electron chi connectivity index (χ3n) is 1.73. The summed E-state index contributed by atoms with van der Waals surface area (Å²) >= 11 is 5.75. The topological polar surface area (TPSA) is 61.4 Å². The van der Waals surface area contributed by atoms with Crippen LogP contribution in [0.3, 0.4) is 0 Å². The SMILES string of the molecule is CC(CO)NC(=O)Nc1cccc(Cl)c1. The number of urea groups is 1. The summed E-state index contributed by atoms with van der Waals surface area (Å²) in [6.07, 6.45) is 0. The Morgan fingerprint density at radius 3 is 2.93 bits per heavy atom. The third kappa shape index (κ3) is 4.18. The van der Waals surface area contributed by atoms with Crippen LogP contribution in [0.15, 0.2) is 24.3 Å². The molecule has 0 aliphatic heterocycles. The molecule has 15 heavy (non-hydrogen) atoms. The smallest absolute Gasteiger partial charge is 0.319 e. The number of rotatable bonds is 3. The van der Waals surface area contributed by atoms with Gasteiger partial charge in [-0.1, -0.05) is 17.7 Å². The molecule has 4 nitrogen and oxygen atoms in total. The zero-order chi connectivity index (χ0) is 11.3. The van der Waals surface area contributed by atoms with Gasteiger partial charge in [0, 0.05) is 10.7 Å². The number of nitrogens with one attached hydrogen (secondary N) is 2. The van der Waals surface area contributed by atoms with Crippen molar-refractivity contribution < 1.29 is 9.90 Å². The van der Waals surface area contributed by atoms with Gasteiger partial charge in [0.15, 0.2) is 0 Å². The van der Waals surface area contributed by atoms with Crippen molar-refractivity contribution >= 4 is 23.3 Å². The van der Waals surface area contributed by atoms with E-state index in [4.69, 9.17) is 16.7 Å². The Balaban J connectivity index is 2.51. The molecule has 1 aromatic rings. The van der Waals surface area contributed by atoms with E-state index in [-0.39, 0.29) is 18.7 Å². The number of aliphatic hydroxyl groups is 1. The zero-order valence-electron chi connectivity index (χ0n) is 8.33. The van der Waals surface area contributed by atoms with Crippen LogP contribution in [0, 0.1) is 0 Å². The van der Waals surface area contributed by atoms with Crippen molar-refractivity contribution in [3.8, 4) is 0 Å². The second-order valence-electron chi connectivity index (χ2n) is 3.19. The minimum absolute atomic E-state index is 0.0943. The van der Waals surface area contributed by atoms with Gasteiger partial charge in [-0.25, -0.2) is 4.79 Å². The predicted octanol–water partition coefficient (Wildman–Crippen LogP) is 1.84. The quantitative estimate of drug-likeness (QED) is 0.739. The van der Waals surface area contributed by atoms with Crippen LogP contribution >= 0.6 is 11.6 Å². The third-order valence-corrected chi connectivity index (χ3v) is 1.97. The molecule has 0 fully saturated rings. The molecule has 0 bridgehead atoms. The standard InChI is InChI=1S/C10H13ClN2O2/c1-7(6-14)12-10(15)13-9-4-2-3-8(11)5-9/h2-5,7,14H,6H2,1H3,(H2,12,13,15). The Morgan fingerprint density at radius 1 is 1.60 bits per heavy atom. The van der Waals surface area contributed by atoms with E-state index >= 15 is 0 Å². The highest BCUT2D eigenvalue weighted by atomic mass is 35.5. The molecule has 82 valence electrons. The molecule has 0 saturated carbocycles. The minimum Gasteiger partial charge on any atom is -0.394 e. The highest BCUT2D eigenvalue weighted by Crippen LogP contribution is 2.14. The fourth-order valence-electron chi connectivity index (χ4n) is 1.00. The fraction of sp³-hybridized carbons (Fsp3) is 0.300. The highest BCUT2D eigenvalue weighted by molar-refractivity contribution is 6.30. The van der Waals surface area contributed by atoms with Crippen molar-refractivity contribution in [2.24, 2.45) is 0 Å². The minimum atomic E-state index is -0.362. The van der Waals surface area contributed by atoms with Gasteiger partial charge in [0.05, 0.1) is 12.6 Å². The van der Waals surface area contributed by atoms with E-state index < -0.39 is 0 Å². The summed E-state index contributed by atoms with van der Waals surface area (Å²) in [5, 5.41) is 14.4. The van der Waals surface area contributed by atoms with Gasteiger partial charge in [-0.2, -0.15) is 0 Å². The Labute approximate surface area is 93.2 Å². The second-order valence-corrected chi connectivity index (χ2v) is 3.63. The molecule has 0 radical (unpaired) electrons. The maximum atomic E-state index is 11.3. The van der Waals surface area contributed by atoms with Crippen LogP contribution in [0.25, 0.3) is 0 Å². The molecular weight excluding hydrogens is 216 g/mol. The lowest BCUT2D eigenvalue weighted by Gasteiger charge is -2.11. The molecule has 0 aliphatic rings. The first-order valence-corrected chi connectivity index (χ1v) is 4.93. The first kappa shape index (κ1) is 11.8. The van der Waals surface area contributed by atoms with Crippen LogP contribution < -0.4 is 10.6 Å². The van der Waals surface area contributed by atoms with E-state index in [1.807, 2.05) is 0 Å². The lowest BCUT2D eigenvalue weighted by Crippen LogP contribution is -2.38. The largest absolute Gasteiger partial charge is 0.394 e. The Kier molecular flexibility index (Phi) is 4.39. The van der Waals surface area contributed by atoms with Crippen molar-refractivity contribution in [2.75, 3.05) is 11.9 Å². The maximum Gasteiger partial charge on any atom is 0.319 e. The summed E-state index contributed by atoms with van der Waals surface area (Å²) in [5.74, 6) is 0. The van der Waals surface area contributed by atoms with Gasteiger partial charge in [0.25, 0.3) is 0 Å². The molecule has 0 aromatic heterocycles. The van der Waals surface area contributed by atoms with Crippen LogP contribution in [0.1, 0.15) is 6.92 Å². The number of hydrogen-bond acceptors (Lipinski definition) is 2. The summed E-state index contributed by atoms with van der Waals surface area (Å²) in [6.45, 7) is 1.61. The first-order chi connectivity index (χ1) is 7.11. The van der Waals surface area contributed by atoms with Gasteiger partial charge in [0.1, 0.15) is 0 Å². The van der Waals surface area contributed by atoms with Crippen LogP contribution in [0.5, 0.6) is 0 Å². The summed E-state index contributed by atoms with van der Waals surface area (Å²) in [7, 11) is 0. The molecule has 0 spiro atoms. The van der Waals surface area contributed by atoms with Crippen molar-refractivity contribution in [2.45, 2.75) is 13.0 Å². The van der Waals surface area contributed by atoms with Crippen LogP contribution in [-0.2, 0) is 0 Å². The van der Waals surface area contributed by atoms with E-state index in [0.717, 1.165) is 0 Å². The molecule has 1 aromatic carbocycles. The molecule has 5 heteroatoms. The van der Waals surface area contributed by atoms with Gasteiger partial charge in [-0.15, -0.1) is 0 Å². The fourth-order valence-corrected chi connectivity index (χ4v) is 1.19. The van der Waals surface area contributed by atoms with E-state index in [0.29, 0.717) is 10.7 Å². The average Bonchev–Trinajstić information content (AvgIpc) is 2.17. The number of hydrogen-bond donors (Lipinski definition) is 3. The predicted molar refractivity (Wildman–Crippen MR) is 60.2 cm³/mol. The van der Waals surface area contributed by atoms with E-state index in [1.54, 1.807) is 31.2 Å². The molecule has 3 N–H and O–H groups in total. The van der Waals surface area contributed by atoms with E-state index in [2.05, 4.69) is 10.6 Å². The van der Waals surface area contributed by atoms with Crippen molar-refractivity contribution in [1.82, 2.24) is 5.32 Å². The van der Waals surface area contributed by atoms with Gasteiger partial charge >= 0.3 is 6.03 Å². The first-order valence-electron chi connectivity index (χ1n) is 4.55. The number of anilines is 1. The highest BCUT2D eigenvalue weighted by Gasteiger charge is 2.05. The molecule has 0 saturated heterocycles. The van der Waals surface area contributed by atoms with Crippen LogP contribution in [0.4, 0.5) is 10.5 Å². The normalized spacial score (nSPS) is 11.9. The molecule has 1 atom stereocenters. The molecule has 2 amide bonds. The number of carbonyl (C=O) groups is 1. The number of carbonyl (C=O) groups excluding carboxylic acids is 1. The summed E-state index contributed by atoms with van der Waals surface area (Å²) < 4.78 is 0. The number of amides is 2. The van der Waals surface area contributed by atoms with Crippen molar-refractivity contribution in [3.63, 3.8) is 0 Å². The maximum absolute atomic E-state index is 11.3. The molecule has 1 rings (SSSR count). The Morgan fingerprint density at radius 2 is 2.33 bits per heavy atom. The number of aliphatic hydroxyl groups excluding tert-OH is 1. The second kappa shape index (κ2) is 5.58. The van der Waals surface area contributed by atoms with Gasteiger partial charge in [-0.3, -0.25) is 0 Å². The zero-order valence-corrected chi connectivity index (χ0v) is 9.08. The van der Waals surface area contributed by atoms with Gasteiger partial charge < -0.3 is 15.7 Å². The van der Waals surface area contributed by atoms with E-state index in [9.17, 15) is 4.79 Å². The average molecular weight is 229 g/mol. The summed E-state index contributed by atoms with van der Waals surface area (Å²) in [4.78, 5) is 11.3. The lowest BCUT2D eigenvalue weighted by molar-refractivity contribution is 0.229. The summed E-state index contributed by atoms with van der Waals surface area (Å²) in [5.41, 5.74) is 0.616. The van der Waals surface area contributed by atoms with Crippen LogP contribution in [0.2, 0.25) is 5.02 Å². The lowest BCUT2D eigenvalue weighted by atomic mass is 10.3. The van der Waals surface area contributed by atoms with Crippen molar-refractivity contribution in [3.05, 3.63) is 29.3 Å². The van der Waals surface area contributed by atoms with E-state index in [1.165, 1.54) is 0 Å².